The smallest absolute Gasteiger partial charge is 0.123 e. The van der Waals surface area contributed by atoms with E-state index >= 15 is 0 Å². The summed E-state index contributed by atoms with van der Waals surface area (Å²) in [7, 11) is 0. The average molecular weight is 234 g/mol. The van der Waals surface area contributed by atoms with Gasteiger partial charge >= 0.3 is 0 Å². The van der Waals surface area contributed by atoms with Crippen LogP contribution in [0.5, 0.6) is 5.75 Å². The largest absolute Gasteiger partial charge is 0.493 e. The minimum Gasteiger partial charge on any atom is -0.493 e. The Bertz CT molecular complexity index is 471. The van der Waals surface area contributed by atoms with Crippen molar-refractivity contribution in [1.82, 2.24) is 10.2 Å². The number of aryl methyl sites for hydroxylation is 2. The highest BCUT2D eigenvalue weighted by atomic mass is 19.1. The van der Waals surface area contributed by atoms with Gasteiger partial charge in [0.05, 0.1) is 12.3 Å². The van der Waals surface area contributed by atoms with Gasteiger partial charge in [0.25, 0.3) is 0 Å². The molecule has 0 aliphatic carbocycles. The number of nitrogens with one attached hydrogen (secondary N) is 1. The number of rotatable bonds is 4. The number of nitrogens with zero attached hydrogens (tertiary/aromatic N) is 1. The van der Waals surface area contributed by atoms with Gasteiger partial charge in [-0.3, -0.25) is 5.10 Å². The van der Waals surface area contributed by atoms with E-state index in [1.54, 1.807) is 12.1 Å². The molecule has 0 fully saturated rings. The Hall–Kier alpha value is -1.84. The standard InChI is InChI=1S/C13H15FN2O/c1-9-13(10(2)16-15-9)7-8-17-12-5-3-11(14)4-6-12/h3-6H,7-8H2,1-2H3,(H,15,16). The number of aromatic nitrogens is 2. The average Bonchev–Trinajstić information content (AvgIpc) is 2.63. The van der Waals surface area contributed by atoms with Gasteiger partial charge in [-0.25, -0.2) is 4.39 Å². The highest BCUT2D eigenvalue weighted by Crippen LogP contribution is 2.13. The molecule has 3 nitrogen and oxygen atoms in total. The third kappa shape index (κ3) is 2.84. The first kappa shape index (κ1) is 11.6. The molecule has 1 N–H and O–H groups in total. The summed E-state index contributed by atoms with van der Waals surface area (Å²) >= 11 is 0. The molecule has 0 radical (unpaired) electrons. The van der Waals surface area contributed by atoms with Crippen molar-refractivity contribution >= 4 is 0 Å². The van der Waals surface area contributed by atoms with Crippen LogP contribution >= 0.6 is 0 Å². The molecule has 1 aromatic carbocycles. The number of halogens is 1. The number of ether oxygens (including phenoxy) is 1. The van der Waals surface area contributed by atoms with Gasteiger partial charge in [-0.2, -0.15) is 5.10 Å². The van der Waals surface area contributed by atoms with Crippen LogP contribution in [0.25, 0.3) is 0 Å². The highest BCUT2D eigenvalue weighted by molar-refractivity contribution is 5.24. The monoisotopic (exact) mass is 234 g/mol. The second-order valence-electron chi connectivity index (χ2n) is 3.96. The molecule has 0 unspecified atom stereocenters. The van der Waals surface area contributed by atoms with E-state index in [0.29, 0.717) is 12.4 Å². The molecule has 17 heavy (non-hydrogen) atoms. The maximum Gasteiger partial charge on any atom is 0.123 e. The lowest BCUT2D eigenvalue weighted by Crippen LogP contribution is -2.02. The zero-order chi connectivity index (χ0) is 12.3. The van der Waals surface area contributed by atoms with Crippen LogP contribution in [0.3, 0.4) is 0 Å². The molecule has 0 aliphatic heterocycles. The van der Waals surface area contributed by atoms with Gasteiger partial charge in [-0.15, -0.1) is 0 Å². The van der Waals surface area contributed by atoms with Crippen LogP contribution in [-0.4, -0.2) is 16.8 Å². The summed E-state index contributed by atoms with van der Waals surface area (Å²) in [5.41, 5.74) is 3.27. The normalized spacial score (nSPS) is 10.5. The molecular weight excluding hydrogens is 219 g/mol. The minimum absolute atomic E-state index is 0.251. The minimum atomic E-state index is -0.251. The first-order valence-electron chi connectivity index (χ1n) is 5.55. The Morgan fingerprint density at radius 2 is 1.94 bits per heavy atom. The quantitative estimate of drug-likeness (QED) is 0.883. The molecule has 90 valence electrons. The number of hydrogen-bond donors (Lipinski definition) is 1. The van der Waals surface area contributed by atoms with Crippen molar-refractivity contribution in [3.05, 3.63) is 47.0 Å². The molecule has 4 heteroatoms. The predicted molar refractivity (Wildman–Crippen MR) is 63.7 cm³/mol. The summed E-state index contributed by atoms with van der Waals surface area (Å²) in [6.45, 7) is 4.52. The molecule has 0 bridgehead atoms. The number of H-pyrrole nitrogens is 1. The molecular formula is C13H15FN2O. The second kappa shape index (κ2) is 4.99. The van der Waals surface area contributed by atoms with Gasteiger partial charge in [0, 0.05) is 12.1 Å². The summed E-state index contributed by atoms with van der Waals surface area (Å²) in [6.07, 6.45) is 0.797. The van der Waals surface area contributed by atoms with Crippen LogP contribution in [-0.2, 0) is 6.42 Å². The van der Waals surface area contributed by atoms with Crippen molar-refractivity contribution in [3.8, 4) is 5.75 Å². The van der Waals surface area contributed by atoms with Gasteiger partial charge in [-0.05, 0) is 43.7 Å². The lowest BCUT2D eigenvalue weighted by molar-refractivity contribution is 0.321. The van der Waals surface area contributed by atoms with E-state index in [1.165, 1.54) is 17.7 Å². The molecule has 0 amide bonds. The van der Waals surface area contributed by atoms with Crippen molar-refractivity contribution < 1.29 is 9.13 Å². The van der Waals surface area contributed by atoms with Crippen LogP contribution in [0.1, 0.15) is 17.0 Å². The Balaban J connectivity index is 1.90. The van der Waals surface area contributed by atoms with Crippen LogP contribution in [0.2, 0.25) is 0 Å². The molecule has 2 rings (SSSR count). The molecule has 0 atom stereocenters. The van der Waals surface area contributed by atoms with E-state index in [-0.39, 0.29) is 5.82 Å². The molecule has 1 aromatic heterocycles. The van der Waals surface area contributed by atoms with Crippen molar-refractivity contribution in [1.29, 1.82) is 0 Å². The zero-order valence-electron chi connectivity index (χ0n) is 9.96. The van der Waals surface area contributed by atoms with Gasteiger partial charge < -0.3 is 4.74 Å². The van der Waals surface area contributed by atoms with Crippen LogP contribution in [0.4, 0.5) is 4.39 Å². The van der Waals surface area contributed by atoms with Gasteiger partial charge in [0.2, 0.25) is 0 Å². The first-order valence-corrected chi connectivity index (χ1v) is 5.55. The molecule has 0 saturated heterocycles. The molecule has 0 spiro atoms. The van der Waals surface area contributed by atoms with Crippen LogP contribution in [0, 0.1) is 19.7 Å². The summed E-state index contributed by atoms with van der Waals surface area (Å²) in [5.74, 6) is 0.434. The van der Waals surface area contributed by atoms with E-state index in [9.17, 15) is 4.39 Å². The van der Waals surface area contributed by atoms with Crippen molar-refractivity contribution in [2.24, 2.45) is 0 Å². The number of aromatic amines is 1. The van der Waals surface area contributed by atoms with E-state index in [4.69, 9.17) is 4.74 Å². The molecule has 2 aromatic rings. The Kier molecular flexibility index (Phi) is 3.42. The molecule has 0 aliphatic rings. The molecule has 1 heterocycles. The summed E-state index contributed by atoms with van der Waals surface area (Å²) in [4.78, 5) is 0. The summed E-state index contributed by atoms with van der Waals surface area (Å²) < 4.78 is 18.2. The van der Waals surface area contributed by atoms with E-state index in [2.05, 4.69) is 10.2 Å². The van der Waals surface area contributed by atoms with E-state index in [0.717, 1.165) is 17.8 Å². The van der Waals surface area contributed by atoms with Crippen LogP contribution in [0.15, 0.2) is 24.3 Å². The maximum atomic E-state index is 12.7. The fourth-order valence-electron chi connectivity index (χ4n) is 1.74. The van der Waals surface area contributed by atoms with Crippen molar-refractivity contribution in [2.45, 2.75) is 20.3 Å². The van der Waals surface area contributed by atoms with E-state index in [1.807, 2.05) is 13.8 Å². The third-order valence-corrected chi connectivity index (χ3v) is 2.72. The van der Waals surface area contributed by atoms with E-state index < -0.39 is 0 Å². The fourth-order valence-corrected chi connectivity index (χ4v) is 1.74. The maximum absolute atomic E-state index is 12.7. The first-order chi connectivity index (χ1) is 8.16. The van der Waals surface area contributed by atoms with Gasteiger partial charge in [0.15, 0.2) is 0 Å². The van der Waals surface area contributed by atoms with Gasteiger partial charge in [0.1, 0.15) is 11.6 Å². The fraction of sp³-hybridized carbons (Fsp3) is 0.308. The second-order valence-corrected chi connectivity index (χ2v) is 3.96. The number of hydrogen-bond acceptors (Lipinski definition) is 2. The lowest BCUT2D eigenvalue weighted by atomic mass is 10.1. The van der Waals surface area contributed by atoms with Gasteiger partial charge in [-0.1, -0.05) is 0 Å². The summed E-state index contributed by atoms with van der Waals surface area (Å²) in [6, 6.07) is 6.04. The van der Waals surface area contributed by atoms with Crippen LogP contribution < -0.4 is 4.74 Å². The number of benzene rings is 1. The summed E-state index contributed by atoms with van der Waals surface area (Å²) in [5, 5.41) is 7.06. The predicted octanol–water partition coefficient (Wildman–Crippen LogP) is 2.79. The highest BCUT2D eigenvalue weighted by Gasteiger charge is 2.05. The molecule has 0 saturated carbocycles. The Morgan fingerprint density at radius 3 is 2.53 bits per heavy atom. The zero-order valence-corrected chi connectivity index (χ0v) is 9.96. The SMILES string of the molecule is Cc1n[nH]c(C)c1CCOc1ccc(F)cc1. The Morgan fingerprint density at radius 1 is 1.24 bits per heavy atom. The Labute approximate surface area is 99.6 Å². The van der Waals surface area contributed by atoms with Crippen molar-refractivity contribution in [3.63, 3.8) is 0 Å². The topological polar surface area (TPSA) is 37.9 Å². The van der Waals surface area contributed by atoms with Crippen molar-refractivity contribution in [2.75, 3.05) is 6.61 Å². The lowest BCUT2D eigenvalue weighted by Gasteiger charge is -2.06. The third-order valence-electron chi connectivity index (χ3n) is 2.72.